The molecule has 0 rings (SSSR count). The molecule has 1 atom stereocenters. The monoisotopic (exact) mass is 282 g/mol. The maximum Gasteiger partial charge on any atom is 0.306 e. The number of nitrogens with zero attached hydrogens (tertiary/aromatic N) is 1. The first kappa shape index (κ1) is 14.5. The molecule has 88 valence electrons. The number of carbonyl (C=O) groups excluding carboxylic acids is 1. The molecule has 0 fully saturated rings. The lowest BCUT2D eigenvalue weighted by Gasteiger charge is -2.33. The molecule has 6 heteroatoms. The summed E-state index contributed by atoms with van der Waals surface area (Å²) >= 11 is 2.94. The lowest BCUT2D eigenvalue weighted by atomic mass is 9.94. The average molecular weight is 283 g/mol. The molecule has 0 unspecified atom stereocenters. The number of aliphatic hydroxyl groups is 1. The SMILES string of the molecule is C[N+](C)(C)C[C@](O)(CC(=O)O)C(=O)CBr. The number of quaternary nitrogens is 1. The van der Waals surface area contributed by atoms with E-state index in [4.69, 9.17) is 5.11 Å². The maximum atomic E-state index is 11.5. The van der Waals surface area contributed by atoms with Gasteiger partial charge < -0.3 is 14.7 Å². The van der Waals surface area contributed by atoms with Crippen molar-refractivity contribution in [2.24, 2.45) is 0 Å². The Morgan fingerprint density at radius 1 is 1.33 bits per heavy atom. The third kappa shape index (κ3) is 5.25. The molecule has 0 aromatic heterocycles. The number of rotatable bonds is 6. The van der Waals surface area contributed by atoms with Crippen LogP contribution in [0.1, 0.15) is 6.42 Å². The molecular weight excluding hydrogens is 266 g/mol. The van der Waals surface area contributed by atoms with E-state index in [9.17, 15) is 14.7 Å². The Labute approximate surface area is 97.4 Å². The number of carboxylic acids is 1. The van der Waals surface area contributed by atoms with Crippen molar-refractivity contribution >= 4 is 27.7 Å². The Morgan fingerprint density at radius 2 is 1.80 bits per heavy atom. The van der Waals surface area contributed by atoms with E-state index in [1.807, 2.05) is 0 Å². The number of carbonyl (C=O) groups is 2. The number of aliphatic carboxylic acids is 1. The fourth-order valence-electron chi connectivity index (χ4n) is 1.40. The van der Waals surface area contributed by atoms with Gasteiger partial charge in [-0.15, -0.1) is 0 Å². The molecule has 0 saturated heterocycles. The minimum atomic E-state index is -1.80. The highest BCUT2D eigenvalue weighted by Crippen LogP contribution is 2.17. The molecule has 0 spiro atoms. The summed E-state index contributed by atoms with van der Waals surface area (Å²) in [6.45, 7) is 0.0731. The van der Waals surface area contributed by atoms with Crippen LogP contribution in [0.3, 0.4) is 0 Å². The molecule has 0 radical (unpaired) electrons. The highest BCUT2D eigenvalue weighted by Gasteiger charge is 2.42. The fourth-order valence-corrected chi connectivity index (χ4v) is 1.92. The smallest absolute Gasteiger partial charge is 0.306 e. The van der Waals surface area contributed by atoms with Crippen molar-refractivity contribution in [1.82, 2.24) is 0 Å². The van der Waals surface area contributed by atoms with Crippen molar-refractivity contribution in [1.29, 1.82) is 0 Å². The van der Waals surface area contributed by atoms with Gasteiger partial charge >= 0.3 is 5.97 Å². The van der Waals surface area contributed by atoms with Crippen LogP contribution in [0.15, 0.2) is 0 Å². The van der Waals surface area contributed by atoms with Crippen LogP contribution >= 0.6 is 15.9 Å². The molecular formula is C9H17BrNO4+. The molecule has 0 amide bonds. The van der Waals surface area contributed by atoms with E-state index in [0.717, 1.165) is 0 Å². The first-order chi connectivity index (χ1) is 6.60. The second-order valence-electron chi connectivity index (χ2n) is 4.61. The van der Waals surface area contributed by atoms with Crippen LogP contribution in [-0.2, 0) is 9.59 Å². The summed E-state index contributed by atoms with van der Waals surface area (Å²) in [6.07, 6.45) is -0.563. The first-order valence-corrected chi connectivity index (χ1v) is 5.57. The van der Waals surface area contributed by atoms with Crippen LogP contribution < -0.4 is 0 Å². The number of alkyl halides is 1. The fraction of sp³-hybridized carbons (Fsp3) is 0.778. The van der Waals surface area contributed by atoms with Crippen molar-refractivity contribution in [3.63, 3.8) is 0 Å². The molecule has 0 heterocycles. The summed E-state index contributed by atoms with van der Waals surface area (Å²) in [6, 6.07) is 0. The molecule has 0 aromatic rings. The van der Waals surface area contributed by atoms with Gasteiger partial charge in [0.2, 0.25) is 0 Å². The van der Waals surface area contributed by atoms with E-state index >= 15 is 0 Å². The number of Topliss-reactive ketones (excluding diaryl/α,β-unsaturated/α-hetero) is 1. The molecule has 0 bridgehead atoms. The number of halogens is 1. The predicted molar refractivity (Wildman–Crippen MR) is 58.9 cm³/mol. The largest absolute Gasteiger partial charge is 0.481 e. The van der Waals surface area contributed by atoms with Crippen LogP contribution in [0.2, 0.25) is 0 Å². The second kappa shape index (κ2) is 5.05. The van der Waals surface area contributed by atoms with Gasteiger partial charge in [-0.3, -0.25) is 9.59 Å². The molecule has 0 saturated carbocycles. The van der Waals surface area contributed by atoms with Crippen LogP contribution in [0.25, 0.3) is 0 Å². The summed E-state index contributed by atoms with van der Waals surface area (Å²) < 4.78 is 0.322. The van der Waals surface area contributed by atoms with Crippen molar-refractivity contribution < 1.29 is 24.3 Å². The summed E-state index contributed by atoms with van der Waals surface area (Å²) in [5, 5.41) is 18.6. The van der Waals surface area contributed by atoms with Gasteiger partial charge in [-0.05, 0) is 0 Å². The molecule has 2 N–H and O–H groups in total. The zero-order chi connectivity index (χ0) is 12.3. The lowest BCUT2D eigenvalue weighted by molar-refractivity contribution is -0.875. The zero-order valence-electron chi connectivity index (χ0n) is 9.16. The molecule has 0 aliphatic rings. The van der Waals surface area contributed by atoms with Crippen LogP contribution in [0.5, 0.6) is 0 Å². The molecule has 5 nitrogen and oxygen atoms in total. The van der Waals surface area contributed by atoms with E-state index in [1.54, 1.807) is 21.1 Å². The highest BCUT2D eigenvalue weighted by molar-refractivity contribution is 9.09. The minimum absolute atomic E-state index is 0.0449. The number of hydrogen-bond acceptors (Lipinski definition) is 3. The van der Waals surface area contributed by atoms with E-state index < -0.39 is 23.8 Å². The van der Waals surface area contributed by atoms with E-state index in [2.05, 4.69) is 15.9 Å². The van der Waals surface area contributed by atoms with Crippen molar-refractivity contribution in [2.45, 2.75) is 12.0 Å². The number of hydrogen-bond donors (Lipinski definition) is 2. The number of likely N-dealkylation sites (N-methyl/N-ethyl adjacent to an activating group) is 1. The molecule has 0 aliphatic heterocycles. The summed E-state index contributed by atoms with van der Waals surface area (Å²) in [5.41, 5.74) is -1.80. The lowest BCUT2D eigenvalue weighted by Crippen LogP contribution is -2.55. The second-order valence-corrected chi connectivity index (χ2v) is 5.17. The van der Waals surface area contributed by atoms with Crippen molar-refractivity contribution in [2.75, 3.05) is 33.0 Å². The standard InChI is InChI=1S/C9H16BrNO4/c1-11(2,3)6-9(15,4-8(13)14)7(12)5-10/h15H,4-6H2,1-3H3/p+1/t9-/m1/s1. The third-order valence-corrected chi connectivity index (χ3v) is 2.33. The Morgan fingerprint density at radius 3 is 2.07 bits per heavy atom. The van der Waals surface area contributed by atoms with Crippen LogP contribution in [0.4, 0.5) is 0 Å². The Kier molecular flexibility index (Phi) is 4.89. The normalized spacial score (nSPS) is 15.8. The van der Waals surface area contributed by atoms with E-state index in [0.29, 0.717) is 4.48 Å². The van der Waals surface area contributed by atoms with Crippen LogP contribution in [-0.4, -0.2) is 65.1 Å². The quantitative estimate of drug-likeness (QED) is 0.525. The van der Waals surface area contributed by atoms with Crippen molar-refractivity contribution in [3.05, 3.63) is 0 Å². The van der Waals surface area contributed by atoms with Gasteiger partial charge in [0, 0.05) is 0 Å². The third-order valence-electron chi connectivity index (χ3n) is 1.82. The van der Waals surface area contributed by atoms with Crippen LogP contribution in [0, 0.1) is 0 Å². The highest BCUT2D eigenvalue weighted by atomic mass is 79.9. The van der Waals surface area contributed by atoms with Gasteiger partial charge in [0.25, 0.3) is 0 Å². The molecule has 0 aromatic carbocycles. The van der Waals surface area contributed by atoms with Gasteiger partial charge in [-0.2, -0.15) is 0 Å². The Hall–Kier alpha value is -0.460. The summed E-state index contributed by atoms with van der Waals surface area (Å²) in [7, 11) is 5.36. The Bertz CT molecular complexity index is 261. The summed E-state index contributed by atoms with van der Waals surface area (Å²) in [4.78, 5) is 22.1. The van der Waals surface area contributed by atoms with E-state index in [-0.39, 0.29) is 11.9 Å². The van der Waals surface area contributed by atoms with Gasteiger partial charge in [-0.25, -0.2) is 0 Å². The van der Waals surface area contributed by atoms with Gasteiger partial charge in [0.1, 0.15) is 6.54 Å². The number of carboxylic acid groups (broad SMARTS) is 1. The molecule has 15 heavy (non-hydrogen) atoms. The average Bonchev–Trinajstić information content (AvgIpc) is 1.97. The first-order valence-electron chi connectivity index (χ1n) is 4.44. The van der Waals surface area contributed by atoms with Crippen molar-refractivity contribution in [3.8, 4) is 0 Å². The Balaban J connectivity index is 4.86. The van der Waals surface area contributed by atoms with Gasteiger partial charge in [0.05, 0.1) is 32.9 Å². The topological polar surface area (TPSA) is 74.6 Å². The zero-order valence-corrected chi connectivity index (χ0v) is 10.7. The minimum Gasteiger partial charge on any atom is -0.481 e. The maximum absolute atomic E-state index is 11.5. The molecule has 0 aliphatic carbocycles. The van der Waals surface area contributed by atoms with Gasteiger partial charge in [-0.1, -0.05) is 15.9 Å². The number of ketones is 1. The van der Waals surface area contributed by atoms with E-state index in [1.165, 1.54) is 0 Å². The predicted octanol–water partition coefficient (Wildman–Crippen LogP) is -0.138. The summed E-state index contributed by atoms with van der Waals surface area (Å²) in [5.74, 6) is -1.68. The van der Waals surface area contributed by atoms with Gasteiger partial charge in [0.15, 0.2) is 11.4 Å².